The maximum Gasteiger partial charge on any atom is 0.260 e. The van der Waals surface area contributed by atoms with E-state index in [9.17, 15) is 9.59 Å². The molecule has 0 radical (unpaired) electrons. The number of carbonyl (C=O) groups is 2. The molecule has 0 aliphatic carbocycles. The van der Waals surface area contributed by atoms with Gasteiger partial charge in [0.15, 0.2) is 6.61 Å². The van der Waals surface area contributed by atoms with E-state index in [1.165, 1.54) is 0 Å². The minimum atomic E-state index is 0.00550. The molecule has 3 rings (SSSR count). The van der Waals surface area contributed by atoms with E-state index in [1.54, 1.807) is 37.2 Å². The molecule has 0 aromatic heterocycles. The van der Waals surface area contributed by atoms with Crippen LogP contribution in [0.3, 0.4) is 0 Å². The summed E-state index contributed by atoms with van der Waals surface area (Å²) in [6.45, 7) is 2.92. The zero-order chi connectivity index (χ0) is 20.1. The molecule has 7 heteroatoms. The van der Waals surface area contributed by atoms with E-state index in [0.717, 1.165) is 45.2 Å². The molecular weight excluding hydrogens is 378 g/mol. The zero-order valence-corrected chi connectivity index (χ0v) is 17.6. The van der Waals surface area contributed by atoms with Gasteiger partial charge in [-0.1, -0.05) is 17.7 Å². The van der Waals surface area contributed by atoms with Crippen molar-refractivity contribution in [1.82, 2.24) is 14.7 Å². The van der Waals surface area contributed by atoms with Crippen LogP contribution in [0.4, 0.5) is 0 Å². The first-order valence-electron chi connectivity index (χ1n) is 10.0. The lowest BCUT2D eigenvalue weighted by atomic mass is 9.87. The van der Waals surface area contributed by atoms with Gasteiger partial charge in [-0.2, -0.15) is 0 Å². The Balaban J connectivity index is 1.56. The van der Waals surface area contributed by atoms with Crippen LogP contribution in [0.1, 0.15) is 32.1 Å². The van der Waals surface area contributed by atoms with Crippen LogP contribution in [0, 0.1) is 0 Å². The molecule has 154 valence electrons. The normalized spacial score (nSPS) is 22.9. The number of amides is 2. The number of benzene rings is 1. The smallest absolute Gasteiger partial charge is 0.260 e. The Bertz CT molecular complexity index is 712. The Labute approximate surface area is 172 Å². The van der Waals surface area contributed by atoms with Crippen molar-refractivity contribution in [3.63, 3.8) is 0 Å². The fourth-order valence-corrected chi connectivity index (χ4v) is 4.51. The predicted octanol–water partition coefficient (Wildman–Crippen LogP) is 2.65. The minimum absolute atomic E-state index is 0.00550. The molecule has 0 saturated carbocycles. The van der Waals surface area contributed by atoms with Gasteiger partial charge >= 0.3 is 0 Å². The molecule has 1 aromatic rings. The van der Waals surface area contributed by atoms with Crippen LogP contribution in [0.5, 0.6) is 5.75 Å². The van der Waals surface area contributed by atoms with Crippen molar-refractivity contribution in [2.75, 3.05) is 46.9 Å². The van der Waals surface area contributed by atoms with Crippen molar-refractivity contribution in [1.29, 1.82) is 0 Å². The highest BCUT2D eigenvalue weighted by Gasteiger charge is 2.42. The zero-order valence-electron chi connectivity index (χ0n) is 16.8. The summed E-state index contributed by atoms with van der Waals surface area (Å²) in [6, 6.07) is 7.10. The molecule has 2 saturated heterocycles. The summed E-state index contributed by atoms with van der Waals surface area (Å²) in [5.41, 5.74) is 0.0501. The first-order chi connectivity index (χ1) is 13.4. The van der Waals surface area contributed by atoms with E-state index in [0.29, 0.717) is 23.9 Å². The molecule has 6 nitrogen and oxygen atoms in total. The van der Waals surface area contributed by atoms with Gasteiger partial charge in [0, 0.05) is 37.7 Å². The summed E-state index contributed by atoms with van der Waals surface area (Å²) in [7, 11) is 3.61. The molecule has 2 aliphatic heterocycles. The SMILES string of the molecule is CN(C)C(=O)CN1CCC[C@@]12CCCN(C(=O)COc1cccc(Cl)c1)CC2. The quantitative estimate of drug-likeness (QED) is 0.753. The van der Waals surface area contributed by atoms with Crippen molar-refractivity contribution in [2.45, 2.75) is 37.6 Å². The third-order valence-electron chi connectivity index (χ3n) is 5.99. The molecule has 2 aliphatic rings. The van der Waals surface area contributed by atoms with Gasteiger partial charge in [0.25, 0.3) is 5.91 Å². The maximum atomic E-state index is 12.7. The second-order valence-corrected chi connectivity index (χ2v) is 8.45. The number of ether oxygens (including phenoxy) is 1. The lowest BCUT2D eigenvalue weighted by Crippen LogP contribution is -2.49. The number of likely N-dealkylation sites (tertiary alicyclic amines) is 2. The molecular formula is C21H30ClN3O3. The number of hydrogen-bond donors (Lipinski definition) is 0. The molecule has 2 amide bonds. The summed E-state index contributed by atoms with van der Waals surface area (Å²) in [5.74, 6) is 0.760. The highest BCUT2D eigenvalue weighted by atomic mass is 35.5. The van der Waals surface area contributed by atoms with E-state index in [4.69, 9.17) is 16.3 Å². The maximum absolute atomic E-state index is 12.7. The molecule has 2 heterocycles. The lowest BCUT2D eigenvalue weighted by molar-refractivity contribution is -0.134. The highest BCUT2D eigenvalue weighted by molar-refractivity contribution is 6.30. The van der Waals surface area contributed by atoms with Crippen LogP contribution in [0.2, 0.25) is 5.02 Å². The van der Waals surface area contributed by atoms with Crippen LogP contribution in [-0.4, -0.2) is 78.9 Å². The summed E-state index contributed by atoms with van der Waals surface area (Å²) in [5, 5.41) is 0.593. The average Bonchev–Trinajstić information content (AvgIpc) is 2.91. The number of hydrogen-bond acceptors (Lipinski definition) is 4. The van der Waals surface area contributed by atoms with Gasteiger partial charge in [-0.05, 0) is 56.8 Å². The Kier molecular flexibility index (Phi) is 6.83. The summed E-state index contributed by atoms with van der Waals surface area (Å²) < 4.78 is 5.62. The van der Waals surface area contributed by atoms with E-state index in [1.807, 2.05) is 11.0 Å². The molecule has 0 bridgehead atoms. The van der Waals surface area contributed by atoms with Crippen molar-refractivity contribution >= 4 is 23.4 Å². The number of likely N-dealkylation sites (N-methyl/N-ethyl adjacent to an activating group) is 1. The summed E-state index contributed by atoms with van der Waals surface area (Å²) in [4.78, 5) is 30.8. The second kappa shape index (κ2) is 9.14. The standard InChI is InChI=1S/C21H30ClN3O3/c1-23(2)19(26)15-25-12-5-9-21(25)8-4-11-24(13-10-21)20(27)16-28-18-7-3-6-17(22)14-18/h3,6-7,14H,4-5,8-13,15-16H2,1-2H3/t21-/m1/s1. The van der Waals surface area contributed by atoms with E-state index >= 15 is 0 Å². The van der Waals surface area contributed by atoms with Crippen LogP contribution < -0.4 is 4.74 Å². The van der Waals surface area contributed by atoms with Crippen LogP contribution in [0.25, 0.3) is 0 Å². The molecule has 1 atom stereocenters. The minimum Gasteiger partial charge on any atom is -0.484 e. The van der Waals surface area contributed by atoms with Gasteiger partial charge in [0.1, 0.15) is 5.75 Å². The van der Waals surface area contributed by atoms with E-state index in [-0.39, 0.29) is 24.0 Å². The predicted molar refractivity (Wildman–Crippen MR) is 110 cm³/mol. The topological polar surface area (TPSA) is 53.1 Å². The Morgan fingerprint density at radius 2 is 1.89 bits per heavy atom. The fourth-order valence-electron chi connectivity index (χ4n) is 4.33. The Morgan fingerprint density at radius 1 is 1.14 bits per heavy atom. The second-order valence-electron chi connectivity index (χ2n) is 8.02. The van der Waals surface area contributed by atoms with Gasteiger partial charge < -0.3 is 14.5 Å². The van der Waals surface area contributed by atoms with Gasteiger partial charge in [-0.25, -0.2) is 0 Å². The summed E-state index contributed by atoms with van der Waals surface area (Å²) in [6.07, 6.45) is 5.13. The Hall–Kier alpha value is -1.79. The highest BCUT2D eigenvalue weighted by Crippen LogP contribution is 2.38. The third kappa shape index (κ3) is 4.97. The molecule has 2 fully saturated rings. The number of nitrogens with zero attached hydrogens (tertiary/aromatic N) is 3. The van der Waals surface area contributed by atoms with Crippen LogP contribution >= 0.6 is 11.6 Å². The lowest BCUT2D eigenvalue weighted by Gasteiger charge is -2.38. The fraction of sp³-hybridized carbons (Fsp3) is 0.619. The van der Waals surface area contributed by atoms with Gasteiger partial charge in [0.05, 0.1) is 6.54 Å². The average molecular weight is 408 g/mol. The first kappa shape index (κ1) is 20.9. The van der Waals surface area contributed by atoms with Gasteiger partial charge in [-0.15, -0.1) is 0 Å². The Morgan fingerprint density at radius 3 is 2.61 bits per heavy atom. The van der Waals surface area contributed by atoms with Crippen molar-refractivity contribution < 1.29 is 14.3 Å². The monoisotopic (exact) mass is 407 g/mol. The van der Waals surface area contributed by atoms with Gasteiger partial charge in [-0.3, -0.25) is 14.5 Å². The van der Waals surface area contributed by atoms with E-state index in [2.05, 4.69) is 4.90 Å². The van der Waals surface area contributed by atoms with E-state index < -0.39 is 0 Å². The number of halogens is 1. The van der Waals surface area contributed by atoms with Crippen molar-refractivity contribution in [2.24, 2.45) is 0 Å². The van der Waals surface area contributed by atoms with Crippen LogP contribution in [-0.2, 0) is 9.59 Å². The molecule has 0 unspecified atom stereocenters. The number of rotatable bonds is 5. The molecule has 28 heavy (non-hydrogen) atoms. The summed E-state index contributed by atoms with van der Waals surface area (Å²) >= 11 is 5.96. The van der Waals surface area contributed by atoms with Gasteiger partial charge in [0.2, 0.25) is 5.91 Å². The largest absolute Gasteiger partial charge is 0.484 e. The molecule has 1 spiro atoms. The van der Waals surface area contributed by atoms with Crippen molar-refractivity contribution in [3.8, 4) is 5.75 Å². The first-order valence-corrected chi connectivity index (χ1v) is 10.4. The molecule has 0 N–H and O–H groups in total. The number of carbonyl (C=O) groups excluding carboxylic acids is 2. The third-order valence-corrected chi connectivity index (χ3v) is 6.23. The van der Waals surface area contributed by atoms with Crippen LogP contribution in [0.15, 0.2) is 24.3 Å². The van der Waals surface area contributed by atoms with Crippen molar-refractivity contribution in [3.05, 3.63) is 29.3 Å². The molecule has 1 aromatic carbocycles.